The summed E-state index contributed by atoms with van der Waals surface area (Å²) in [5.41, 5.74) is 4.46. The Morgan fingerprint density at radius 1 is 1.17 bits per heavy atom. The summed E-state index contributed by atoms with van der Waals surface area (Å²) in [4.78, 5) is 15.1. The maximum Gasteiger partial charge on any atom is 0.251 e. The van der Waals surface area contributed by atoms with Gasteiger partial charge >= 0.3 is 0 Å². The third kappa shape index (κ3) is 5.05. The van der Waals surface area contributed by atoms with Crippen molar-refractivity contribution in [2.75, 3.05) is 33.2 Å². The topological polar surface area (TPSA) is 135 Å². The van der Waals surface area contributed by atoms with Crippen LogP contribution < -0.4 is 16.0 Å². The van der Waals surface area contributed by atoms with E-state index in [-0.39, 0.29) is 17.8 Å². The van der Waals surface area contributed by atoms with E-state index < -0.39 is 5.41 Å². The van der Waals surface area contributed by atoms with Crippen LogP contribution in [0.15, 0.2) is 48.7 Å². The van der Waals surface area contributed by atoms with E-state index in [0.717, 1.165) is 40.8 Å². The molecule has 1 saturated carbocycles. The fraction of sp³-hybridized carbons (Fsp3) is 0.452. The van der Waals surface area contributed by atoms with Crippen LogP contribution in [-0.2, 0) is 18.3 Å². The Labute approximate surface area is 244 Å². The van der Waals surface area contributed by atoms with Gasteiger partial charge in [0.1, 0.15) is 11.9 Å². The molecule has 2 aromatic carbocycles. The van der Waals surface area contributed by atoms with Crippen LogP contribution in [0.25, 0.3) is 0 Å². The number of nitriles is 1. The highest BCUT2D eigenvalue weighted by Crippen LogP contribution is 2.49. The van der Waals surface area contributed by atoms with Crippen molar-refractivity contribution < 1.29 is 9.18 Å². The molecule has 1 aliphatic heterocycles. The van der Waals surface area contributed by atoms with Crippen LogP contribution >= 0.6 is 0 Å². The fourth-order valence-corrected chi connectivity index (χ4v) is 6.95. The number of nitrogens with zero attached hydrogens (tertiary/aromatic N) is 5. The smallest absolute Gasteiger partial charge is 0.251 e. The normalized spacial score (nSPS) is 23.7. The Balaban J connectivity index is 1.32. The standard InChI is InChI=1S/C31H36FN9O/c1-19(41-25(17-33)15-23-16-28(23)41)18-35-10-9-31(30-37-39-40-38-30)26-7-5-22(29(42)36-12-11-34-2)13-20(26)3-4-21-14-24(32)6-8-27(21)31/h5-8,13-14,23,25,28,34-35H,1,3-4,9-12,15-16,18H2,2H3,(H,36,42)(H,37,38,39,40)/t23-,25?,28+,31?/m1/s1. The molecule has 3 aromatic rings. The first-order valence-corrected chi connectivity index (χ1v) is 14.6. The third-order valence-corrected chi connectivity index (χ3v) is 9.03. The van der Waals surface area contributed by atoms with Crippen LogP contribution in [-0.4, -0.2) is 76.7 Å². The molecule has 218 valence electrons. The number of rotatable bonds is 11. The summed E-state index contributed by atoms with van der Waals surface area (Å²) >= 11 is 0. The molecule has 11 heteroatoms. The molecule has 1 amide bonds. The molecule has 0 radical (unpaired) electrons. The second-order valence-corrected chi connectivity index (χ2v) is 11.5. The van der Waals surface area contributed by atoms with Gasteiger partial charge < -0.3 is 20.9 Å². The number of hydrogen-bond donors (Lipinski definition) is 4. The van der Waals surface area contributed by atoms with E-state index in [0.29, 0.717) is 68.8 Å². The highest BCUT2D eigenvalue weighted by Gasteiger charge is 2.52. The van der Waals surface area contributed by atoms with Crippen molar-refractivity contribution in [3.05, 3.63) is 88.1 Å². The number of benzene rings is 2. The predicted molar refractivity (Wildman–Crippen MR) is 155 cm³/mol. The largest absolute Gasteiger partial charge is 0.355 e. The van der Waals surface area contributed by atoms with Gasteiger partial charge in [-0.15, -0.1) is 10.2 Å². The minimum atomic E-state index is -0.832. The quantitative estimate of drug-likeness (QED) is 0.258. The molecule has 4 atom stereocenters. The highest BCUT2D eigenvalue weighted by atomic mass is 19.1. The first-order valence-electron chi connectivity index (χ1n) is 14.6. The number of aromatic amines is 1. The number of likely N-dealkylation sites (N-methyl/N-ethyl adjacent to an activating group) is 1. The van der Waals surface area contributed by atoms with Crippen molar-refractivity contribution >= 4 is 5.91 Å². The molecule has 6 rings (SSSR count). The number of carbonyl (C=O) groups is 1. The van der Waals surface area contributed by atoms with Gasteiger partial charge in [0.2, 0.25) is 0 Å². The number of carbonyl (C=O) groups excluding carboxylic acids is 1. The Kier molecular flexibility index (Phi) is 7.75. The molecule has 10 nitrogen and oxygen atoms in total. The van der Waals surface area contributed by atoms with E-state index in [1.54, 1.807) is 6.07 Å². The summed E-state index contributed by atoms with van der Waals surface area (Å²) in [7, 11) is 1.84. The monoisotopic (exact) mass is 569 g/mol. The molecule has 0 spiro atoms. The first kappa shape index (κ1) is 28.0. The molecule has 2 heterocycles. The lowest BCUT2D eigenvalue weighted by atomic mass is 9.69. The van der Waals surface area contributed by atoms with Crippen LogP contribution in [0.5, 0.6) is 0 Å². The van der Waals surface area contributed by atoms with Crippen molar-refractivity contribution in [1.29, 1.82) is 5.26 Å². The van der Waals surface area contributed by atoms with Crippen LogP contribution in [0.1, 0.15) is 57.7 Å². The van der Waals surface area contributed by atoms with Crippen molar-refractivity contribution in [2.45, 2.75) is 49.6 Å². The first-order chi connectivity index (χ1) is 20.5. The van der Waals surface area contributed by atoms with Gasteiger partial charge in [0, 0.05) is 36.9 Å². The lowest BCUT2D eigenvalue weighted by molar-refractivity contribution is 0.0954. The number of halogens is 1. The van der Waals surface area contributed by atoms with Crippen LogP contribution in [0, 0.1) is 23.1 Å². The van der Waals surface area contributed by atoms with Gasteiger partial charge in [-0.25, -0.2) is 4.39 Å². The van der Waals surface area contributed by atoms with Crippen LogP contribution in [0.4, 0.5) is 4.39 Å². The zero-order valence-corrected chi connectivity index (χ0v) is 23.8. The zero-order chi connectivity index (χ0) is 29.3. The Morgan fingerprint density at radius 2 is 1.95 bits per heavy atom. The van der Waals surface area contributed by atoms with Crippen molar-refractivity contribution in [2.24, 2.45) is 5.92 Å². The van der Waals surface area contributed by atoms with Gasteiger partial charge in [0.15, 0.2) is 5.82 Å². The molecule has 3 aliphatic rings. The Morgan fingerprint density at radius 3 is 2.69 bits per heavy atom. The molecule has 0 bridgehead atoms. The Hall–Kier alpha value is -4.14. The van der Waals surface area contributed by atoms with Gasteiger partial charge in [-0.3, -0.25) is 4.79 Å². The van der Waals surface area contributed by atoms with E-state index in [4.69, 9.17) is 0 Å². The van der Waals surface area contributed by atoms with E-state index in [2.05, 4.69) is 54.1 Å². The number of nitrogens with one attached hydrogen (secondary N) is 4. The average Bonchev–Trinajstić information content (AvgIpc) is 3.38. The molecule has 4 N–H and O–H groups in total. The minimum absolute atomic E-state index is 0.103. The second kappa shape index (κ2) is 11.6. The molecule has 2 fully saturated rings. The maximum absolute atomic E-state index is 14.5. The van der Waals surface area contributed by atoms with Gasteiger partial charge in [-0.2, -0.15) is 10.5 Å². The molecular weight excluding hydrogens is 533 g/mol. The van der Waals surface area contributed by atoms with Crippen molar-refractivity contribution in [3.63, 3.8) is 0 Å². The average molecular weight is 570 g/mol. The molecule has 2 unspecified atom stereocenters. The molecule has 1 saturated heterocycles. The van der Waals surface area contributed by atoms with Crippen molar-refractivity contribution in [1.82, 2.24) is 41.5 Å². The number of fused-ring (bicyclic) bond motifs is 3. The molecular formula is C31H36FN9O. The van der Waals surface area contributed by atoms with E-state index in [1.165, 1.54) is 6.07 Å². The summed E-state index contributed by atoms with van der Waals surface area (Å²) in [6.45, 7) is 6.63. The maximum atomic E-state index is 14.5. The second-order valence-electron chi connectivity index (χ2n) is 11.5. The number of aryl methyl sites for hydroxylation is 2. The number of hydrogen-bond acceptors (Lipinski definition) is 8. The third-order valence-electron chi connectivity index (χ3n) is 9.03. The molecule has 42 heavy (non-hydrogen) atoms. The van der Waals surface area contributed by atoms with E-state index in [1.807, 2.05) is 31.3 Å². The summed E-state index contributed by atoms with van der Waals surface area (Å²) in [5.74, 6) is 0.677. The number of amides is 1. The number of tetrazole rings is 1. The summed E-state index contributed by atoms with van der Waals surface area (Å²) in [6, 6.07) is 13.5. The number of likely N-dealkylation sites (tertiary alicyclic amines) is 1. The summed E-state index contributed by atoms with van der Waals surface area (Å²) in [6.07, 6.45) is 3.87. The van der Waals surface area contributed by atoms with E-state index in [9.17, 15) is 14.4 Å². The molecule has 1 aromatic heterocycles. The number of piperidine rings is 1. The Bertz CT molecular complexity index is 1520. The van der Waals surface area contributed by atoms with Gasteiger partial charge in [0.05, 0.1) is 11.5 Å². The van der Waals surface area contributed by atoms with Crippen LogP contribution in [0.3, 0.4) is 0 Å². The zero-order valence-electron chi connectivity index (χ0n) is 23.8. The fourth-order valence-electron chi connectivity index (χ4n) is 6.95. The lowest BCUT2D eigenvalue weighted by Crippen LogP contribution is -2.38. The van der Waals surface area contributed by atoms with E-state index >= 15 is 0 Å². The minimum Gasteiger partial charge on any atom is -0.355 e. The van der Waals surface area contributed by atoms with Gasteiger partial charge in [-0.05, 0) is 98.1 Å². The highest BCUT2D eigenvalue weighted by molar-refractivity contribution is 5.94. The summed E-state index contributed by atoms with van der Waals surface area (Å²) in [5, 5.41) is 34.6. The number of aromatic nitrogens is 4. The number of H-pyrrole nitrogens is 1. The summed E-state index contributed by atoms with van der Waals surface area (Å²) < 4.78 is 14.5. The van der Waals surface area contributed by atoms with Gasteiger partial charge in [-0.1, -0.05) is 23.9 Å². The van der Waals surface area contributed by atoms with Gasteiger partial charge in [0.25, 0.3) is 5.91 Å². The van der Waals surface area contributed by atoms with Crippen molar-refractivity contribution in [3.8, 4) is 6.07 Å². The predicted octanol–water partition coefficient (Wildman–Crippen LogP) is 2.20. The molecule has 2 aliphatic carbocycles. The SMILES string of the molecule is C=C(CNCCC1(c2nn[nH]n2)c2ccc(F)cc2CCc2cc(C(=O)NCCNC)ccc21)N1C(C#N)C[C@@H]2C[C@@H]21. The van der Waals surface area contributed by atoms with Crippen LogP contribution in [0.2, 0.25) is 0 Å². The lowest BCUT2D eigenvalue weighted by Gasteiger charge is -2.34.